The monoisotopic (exact) mass is 647 g/mol. The number of carbonyl (C=O) groups excluding carboxylic acids is 2. The highest BCUT2D eigenvalue weighted by molar-refractivity contribution is 8.00. The molecule has 0 aliphatic carbocycles. The number of aryl methyl sites for hydroxylation is 1. The molecule has 224 valence electrons. The van der Waals surface area contributed by atoms with Gasteiger partial charge in [0, 0.05) is 22.0 Å². The van der Waals surface area contributed by atoms with Crippen molar-refractivity contribution in [3.8, 4) is 6.07 Å². The number of hydrogen-bond acceptors (Lipinski definition) is 6. The lowest BCUT2D eigenvalue weighted by atomic mass is 10.1. The van der Waals surface area contributed by atoms with Gasteiger partial charge in [-0.1, -0.05) is 72.3 Å². The second kappa shape index (κ2) is 14.7. The molecule has 45 heavy (non-hydrogen) atoms. The van der Waals surface area contributed by atoms with Crippen LogP contribution in [0.1, 0.15) is 37.2 Å². The van der Waals surface area contributed by atoms with Crippen LogP contribution in [0.2, 0.25) is 0 Å². The van der Waals surface area contributed by atoms with Crippen molar-refractivity contribution in [3.63, 3.8) is 0 Å². The number of thiophene rings is 1. The first-order chi connectivity index (χ1) is 21.8. The summed E-state index contributed by atoms with van der Waals surface area (Å²) >= 11 is 7.98. The van der Waals surface area contributed by atoms with E-state index in [0.29, 0.717) is 26.2 Å². The van der Waals surface area contributed by atoms with E-state index < -0.39 is 5.25 Å². The van der Waals surface area contributed by atoms with Gasteiger partial charge in [-0.3, -0.25) is 9.59 Å². The molecule has 1 unspecified atom stereocenters. The van der Waals surface area contributed by atoms with Gasteiger partial charge in [0.15, 0.2) is 5.11 Å². The van der Waals surface area contributed by atoms with Gasteiger partial charge in [-0.05, 0) is 79.7 Å². The fraction of sp³-hybridized carbons (Fsp3) is 0.0857. The number of para-hydroxylation sites is 1. The third-order valence-corrected chi connectivity index (χ3v) is 9.39. The average Bonchev–Trinajstić information content (AvgIpc) is 3.36. The molecule has 0 bridgehead atoms. The molecule has 0 saturated carbocycles. The number of thioether (sulfide) groups is 1. The van der Waals surface area contributed by atoms with Crippen LogP contribution in [-0.2, 0) is 4.79 Å². The lowest BCUT2D eigenvalue weighted by molar-refractivity contribution is -0.115. The molecule has 0 saturated heterocycles. The Morgan fingerprint density at radius 3 is 2.09 bits per heavy atom. The van der Waals surface area contributed by atoms with E-state index in [1.807, 2.05) is 104 Å². The van der Waals surface area contributed by atoms with Crippen LogP contribution in [0.15, 0.2) is 114 Å². The van der Waals surface area contributed by atoms with Crippen molar-refractivity contribution in [3.05, 3.63) is 136 Å². The van der Waals surface area contributed by atoms with Crippen molar-refractivity contribution in [1.82, 2.24) is 0 Å². The van der Waals surface area contributed by atoms with Crippen molar-refractivity contribution in [1.29, 1.82) is 5.26 Å². The molecular formula is C35H29N5O2S3. The Bertz CT molecular complexity index is 1870. The number of nitrogens with zero attached hydrogens (tertiary/aromatic N) is 1. The summed E-state index contributed by atoms with van der Waals surface area (Å²) in [7, 11) is 0. The third kappa shape index (κ3) is 8.16. The van der Waals surface area contributed by atoms with Crippen LogP contribution in [0.4, 0.5) is 22.1 Å². The molecule has 1 heterocycles. The fourth-order valence-electron chi connectivity index (χ4n) is 4.45. The van der Waals surface area contributed by atoms with E-state index in [1.165, 1.54) is 11.8 Å². The van der Waals surface area contributed by atoms with E-state index in [1.54, 1.807) is 19.1 Å². The van der Waals surface area contributed by atoms with Crippen LogP contribution in [0, 0.1) is 25.2 Å². The predicted molar refractivity (Wildman–Crippen MR) is 189 cm³/mol. The second-order valence-electron chi connectivity index (χ2n) is 10.1. The summed E-state index contributed by atoms with van der Waals surface area (Å²) in [5.41, 5.74) is 5.03. The van der Waals surface area contributed by atoms with Crippen LogP contribution in [0.25, 0.3) is 0 Å². The zero-order valence-corrected chi connectivity index (χ0v) is 26.9. The number of nitrogens with one attached hydrogen (secondary N) is 4. The van der Waals surface area contributed by atoms with E-state index in [9.17, 15) is 14.9 Å². The molecule has 5 aromatic rings. The molecule has 7 nitrogen and oxygen atoms in total. The van der Waals surface area contributed by atoms with Crippen molar-refractivity contribution < 1.29 is 9.59 Å². The number of rotatable bonds is 9. The SMILES string of the molecule is Cc1ccc(NC(=S)Nc2cccc(SC(C(=O)Nc3sc(C(=O)Nc4ccccc4)c(C)c3C#N)c3ccccc3)c2)cc1. The van der Waals surface area contributed by atoms with Gasteiger partial charge >= 0.3 is 0 Å². The van der Waals surface area contributed by atoms with Gasteiger partial charge in [-0.2, -0.15) is 5.26 Å². The minimum atomic E-state index is -0.644. The van der Waals surface area contributed by atoms with Crippen LogP contribution < -0.4 is 21.3 Å². The number of amides is 2. The Balaban J connectivity index is 1.34. The zero-order chi connectivity index (χ0) is 31.8. The molecule has 0 spiro atoms. The Kier molecular flexibility index (Phi) is 10.3. The topological polar surface area (TPSA) is 106 Å². The number of carbonyl (C=O) groups is 2. The van der Waals surface area contributed by atoms with Crippen molar-refractivity contribution in [2.45, 2.75) is 24.0 Å². The van der Waals surface area contributed by atoms with Crippen LogP contribution in [0.5, 0.6) is 0 Å². The maximum atomic E-state index is 13.9. The van der Waals surface area contributed by atoms with Crippen molar-refractivity contribution in [2.75, 3.05) is 21.3 Å². The van der Waals surface area contributed by atoms with Crippen LogP contribution in [-0.4, -0.2) is 16.9 Å². The first-order valence-electron chi connectivity index (χ1n) is 14.0. The Labute approximate surface area is 275 Å². The summed E-state index contributed by atoms with van der Waals surface area (Å²) in [5, 5.41) is 22.3. The highest BCUT2D eigenvalue weighted by Crippen LogP contribution is 2.39. The van der Waals surface area contributed by atoms with Gasteiger partial charge in [0.25, 0.3) is 5.91 Å². The van der Waals surface area contributed by atoms with Gasteiger partial charge in [0.05, 0.1) is 10.4 Å². The molecule has 10 heteroatoms. The molecular weight excluding hydrogens is 619 g/mol. The van der Waals surface area contributed by atoms with E-state index in [0.717, 1.165) is 38.7 Å². The molecule has 4 N–H and O–H groups in total. The largest absolute Gasteiger partial charge is 0.332 e. The van der Waals surface area contributed by atoms with Crippen molar-refractivity contribution >= 4 is 74.3 Å². The summed E-state index contributed by atoms with van der Waals surface area (Å²) < 4.78 is 0. The standard InChI is InChI=1S/C35H29N5O2S3/c1-22-16-18-26(19-17-22)38-35(43)39-27-14-9-15-28(20-27)44-31(24-10-5-3-6-11-24)33(42)40-34-29(21-36)23(2)30(45-34)32(41)37-25-12-7-4-8-13-25/h3-20,31H,1-2H3,(H,37,41)(H,40,42)(H2,38,39,43). The summed E-state index contributed by atoms with van der Waals surface area (Å²) in [5.74, 6) is -0.650. The predicted octanol–water partition coefficient (Wildman–Crippen LogP) is 8.77. The Hall–Kier alpha value is -4.95. The van der Waals surface area contributed by atoms with Gasteiger partial charge in [0.2, 0.25) is 5.91 Å². The molecule has 0 fully saturated rings. The summed E-state index contributed by atoms with van der Waals surface area (Å²) in [6.45, 7) is 3.74. The number of benzene rings is 4. The van der Waals surface area contributed by atoms with Crippen molar-refractivity contribution in [2.24, 2.45) is 0 Å². The number of anilines is 4. The third-order valence-electron chi connectivity index (χ3n) is 6.73. The smallest absolute Gasteiger partial charge is 0.266 e. The highest BCUT2D eigenvalue weighted by Gasteiger charge is 2.26. The highest BCUT2D eigenvalue weighted by atomic mass is 32.2. The molecule has 4 aromatic carbocycles. The molecule has 5 rings (SSSR count). The first-order valence-corrected chi connectivity index (χ1v) is 16.1. The number of thiocarbonyl (C=S) groups is 1. The quantitative estimate of drug-likeness (QED) is 0.0936. The summed E-state index contributed by atoms with van der Waals surface area (Å²) in [6.07, 6.45) is 0. The first kappa shape index (κ1) is 31.5. The van der Waals surface area contributed by atoms with E-state index in [2.05, 4.69) is 27.3 Å². The van der Waals surface area contributed by atoms with Crippen LogP contribution in [0.3, 0.4) is 0 Å². The Morgan fingerprint density at radius 2 is 1.40 bits per heavy atom. The molecule has 0 aliphatic rings. The normalized spacial score (nSPS) is 11.1. The summed E-state index contributed by atoms with van der Waals surface area (Å²) in [4.78, 5) is 28.2. The van der Waals surface area contributed by atoms with E-state index in [-0.39, 0.29) is 17.4 Å². The van der Waals surface area contributed by atoms with Crippen LogP contribution >= 0.6 is 35.3 Å². The Morgan fingerprint density at radius 1 is 0.778 bits per heavy atom. The fourth-order valence-corrected chi connectivity index (χ4v) is 6.83. The molecule has 2 amide bonds. The minimum Gasteiger partial charge on any atom is -0.332 e. The lowest BCUT2D eigenvalue weighted by Gasteiger charge is -2.18. The molecule has 1 aromatic heterocycles. The summed E-state index contributed by atoms with van der Waals surface area (Å²) in [6, 6.07) is 36.3. The molecule has 0 aliphatic heterocycles. The second-order valence-corrected chi connectivity index (χ2v) is 12.7. The number of hydrogen-bond donors (Lipinski definition) is 4. The maximum Gasteiger partial charge on any atom is 0.266 e. The van der Waals surface area contributed by atoms with Gasteiger partial charge in [0.1, 0.15) is 16.3 Å². The maximum absolute atomic E-state index is 13.9. The average molecular weight is 648 g/mol. The van der Waals surface area contributed by atoms with E-state index in [4.69, 9.17) is 12.2 Å². The van der Waals surface area contributed by atoms with Gasteiger partial charge < -0.3 is 21.3 Å². The minimum absolute atomic E-state index is 0.268. The molecule has 1 atom stereocenters. The van der Waals surface area contributed by atoms with E-state index >= 15 is 0 Å². The zero-order valence-electron chi connectivity index (χ0n) is 24.5. The molecule has 0 radical (unpaired) electrons. The number of nitriles is 1. The van der Waals surface area contributed by atoms with Gasteiger partial charge in [-0.25, -0.2) is 0 Å². The lowest BCUT2D eigenvalue weighted by Crippen LogP contribution is -2.19. The van der Waals surface area contributed by atoms with Gasteiger partial charge in [-0.15, -0.1) is 23.1 Å².